The van der Waals surface area contributed by atoms with Gasteiger partial charge < -0.3 is 0 Å². The predicted octanol–water partition coefficient (Wildman–Crippen LogP) is 6.75. The van der Waals surface area contributed by atoms with Crippen molar-refractivity contribution >= 4 is 42.8 Å². The number of sulfonamides is 2. The summed E-state index contributed by atoms with van der Waals surface area (Å²) in [7, 11) is -7.85. The Labute approximate surface area is 251 Å². The molecule has 216 valence electrons. The lowest BCUT2D eigenvalue weighted by Gasteiger charge is -2.11. The topological polar surface area (TPSA) is 117 Å². The smallest absolute Gasteiger partial charge is 0.261 e. The van der Waals surface area contributed by atoms with E-state index in [9.17, 15) is 16.8 Å². The van der Waals surface area contributed by atoms with Crippen molar-refractivity contribution in [1.82, 2.24) is 0 Å². The Morgan fingerprint density at radius 3 is 1.37 bits per heavy atom. The minimum atomic E-state index is -3.93. The molecule has 0 spiro atoms. The van der Waals surface area contributed by atoms with E-state index < -0.39 is 20.0 Å². The van der Waals surface area contributed by atoms with Crippen molar-refractivity contribution in [2.45, 2.75) is 23.6 Å². The molecule has 5 aromatic carbocycles. The number of anilines is 3. The number of rotatable bonds is 8. The van der Waals surface area contributed by atoms with Gasteiger partial charge in [0.25, 0.3) is 20.0 Å². The van der Waals surface area contributed by atoms with E-state index >= 15 is 0 Å². The standard InChI is InChI=1S/C33H28N4O4S2/c1-22-8-12-25(13-9-22)36-42(38,39)27-16-18-29-30-19-17-28(43(40,41)37-26-14-10-23(2)11-15-26)21-32(30)33(31(29)20-27)35-34-24-6-4-3-5-7-24/h3-21,34,36-37H,1-2H3. The summed E-state index contributed by atoms with van der Waals surface area (Å²) >= 11 is 0. The van der Waals surface area contributed by atoms with E-state index in [0.717, 1.165) is 27.9 Å². The zero-order chi connectivity index (χ0) is 30.2. The highest BCUT2D eigenvalue weighted by molar-refractivity contribution is 7.93. The number of fused-ring (bicyclic) bond motifs is 3. The molecule has 0 aromatic heterocycles. The highest BCUT2D eigenvalue weighted by atomic mass is 32.2. The summed E-state index contributed by atoms with van der Waals surface area (Å²) in [5, 5.41) is 4.65. The second-order valence-electron chi connectivity index (χ2n) is 10.3. The Kier molecular flexibility index (Phi) is 7.25. The van der Waals surface area contributed by atoms with E-state index in [1.54, 1.807) is 48.5 Å². The SMILES string of the molecule is Cc1ccc(NS(=O)(=O)c2ccc3c(c2)C(=NNc2ccccc2)c2cc(S(=O)(=O)Nc4ccc(C)cc4)ccc2-3)cc1. The summed E-state index contributed by atoms with van der Waals surface area (Å²) < 4.78 is 58.7. The largest absolute Gasteiger partial charge is 0.280 e. The second kappa shape index (κ2) is 11.0. The molecule has 3 N–H and O–H groups in total. The van der Waals surface area contributed by atoms with E-state index in [0.29, 0.717) is 28.2 Å². The quantitative estimate of drug-likeness (QED) is 0.165. The maximum absolute atomic E-state index is 13.4. The first-order chi connectivity index (χ1) is 20.6. The van der Waals surface area contributed by atoms with Crippen LogP contribution in [0.2, 0.25) is 0 Å². The fourth-order valence-corrected chi connectivity index (χ4v) is 6.98. The maximum atomic E-state index is 13.4. The maximum Gasteiger partial charge on any atom is 0.261 e. The molecule has 0 fully saturated rings. The summed E-state index contributed by atoms with van der Waals surface area (Å²) in [6.45, 7) is 3.85. The Morgan fingerprint density at radius 2 is 0.930 bits per heavy atom. The van der Waals surface area contributed by atoms with Gasteiger partial charge in [-0.2, -0.15) is 5.10 Å². The zero-order valence-electron chi connectivity index (χ0n) is 23.4. The number of aryl methyl sites for hydroxylation is 2. The van der Waals surface area contributed by atoms with Crippen LogP contribution in [-0.2, 0) is 20.0 Å². The molecule has 5 aromatic rings. The van der Waals surface area contributed by atoms with Gasteiger partial charge in [0.15, 0.2) is 0 Å². The molecule has 0 atom stereocenters. The van der Waals surface area contributed by atoms with E-state index in [1.807, 2.05) is 68.4 Å². The number of para-hydroxylation sites is 1. The second-order valence-corrected chi connectivity index (χ2v) is 13.7. The molecule has 0 unspecified atom stereocenters. The van der Waals surface area contributed by atoms with E-state index in [2.05, 4.69) is 20.0 Å². The first-order valence-electron chi connectivity index (χ1n) is 13.5. The van der Waals surface area contributed by atoms with Crippen LogP contribution in [0.3, 0.4) is 0 Å². The van der Waals surface area contributed by atoms with Crippen LogP contribution in [0, 0.1) is 13.8 Å². The molecule has 43 heavy (non-hydrogen) atoms. The average Bonchev–Trinajstić information content (AvgIpc) is 3.31. The third kappa shape index (κ3) is 5.88. The van der Waals surface area contributed by atoms with Gasteiger partial charge in [-0.1, -0.05) is 65.7 Å². The normalized spacial score (nSPS) is 12.3. The molecule has 0 aliphatic heterocycles. The van der Waals surface area contributed by atoms with Crippen molar-refractivity contribution in [3.8, 4) is 11.1 Å². The molecular formula is C33H28N4O4S2. The van der Waals surface area contributed by atoms with E-state index in [1.165, 1.54) is 12.1 Å². The Balaban J connectivity index is 1.41. The number of hydrazone groups is 1. The Bertz CT molecular complexity index is 1950. The number of nitrogens with zero attached hydrogens (tertiary/aromatic N) is 1. The van der Waals surface area contributed by atoms with E-state index in [4.69, 9.17) is 0 Å². The third-order valence-electron chi connectivity index (χ3n) is 7.08. The molecule has 0 amide bonds. The molecular weight excluding hydrogens is 581 g/mol. The molecule has 0 heterocycles. The molecule has 0 saturated heterocycles. The van der Waals surface area contributed by atoms with Crippen molar-refractivity contribution in [2.75, 3.05) is 14.9 Å². The molecule has 0 saturated carbocycles. The number of nitrogens with one attached hydrogen (secondary N) is 3. The highest BCUT2D eigenvalue weighted by Crippen LogP contribution is 2.40. The van der Waals surface area contributed by atoms with Crippen LogP contribution in [0.4, 0.5) is 17.1 Å². The van der Waals surface area contributed by atoms with Crippen molar-refractivity contribution in [3.63, 3.8) is 0 Å². The summed E-state index contributed by atoms with van der Waals surface area (Å²) in [6.07, 6.45) is 0. The molecule has 10 heteroatoms. The number of hydrogen-bond donors (Lipinski definition) is 3. The van der Waals surface area contributed by atoms with Gasteiger partial charge in [0.05, 0.1) is 21.2 Å². The van der Waals surface area contributed by atoms with Gasteiger partial charge in [-0.25, -0.2) is 16.8 Å². The molecule has 0 radical (unpaired) electrons. The fraction of sp³-hybridized carbons (Fsp3) is 0.0606. The lowest BCUT2D eigenvalue weighted by molar-refractivity contribution is 0.599. The number of benzene rings is 5. The zero-order valence-corrected chi connectivity index (χ0v) is 25.0. The summed E-state index contributed by atoms with van der Waals surface area (Å²) in [6, 6.07) is 33.1. The van der Waals surface area contributed by atoms with Gasteiger partial charge in [0, 0.05) is 22.5 Å². The predicted molar refractivity (Wildman–Crippen MR) is 172 cm³/mol. The monoisotopic (exact) mass is 608 g/mol. The third-order valence-corrected chi connectivity index (χ3v) is 9.84. The summed E-state index contributed by atoms with van der Waals surface area (Å²) in [4.78, 5) is 0.113. The minimum Gasteiger partial charge on any atom is -0.280 e. The minimum absolute atomic E-state index is 0.0564. The van der Waals surface area contributed by atoms with Crippen molar-refractivity contribution in [1.29, 1.82) is 0 Å². The summed E-state index contributed by atoms with van der Waals surface area (Å²) in [5.74, 6) is 0. The van der Waals surface area contributed by atoms with Crippen LogP contribution >= 0.6 is 0 Å². The molecule has 6 rings (SSSR count). The van der Waals surface area contributed by atoms with Gasteiger partial charge in [-0.3, -0.25) is 14.9 Å². The summed E-state index contributed by atoms with van der Waals surface area (Å²) in [5.41, 5.74) is 9.72. The van der Waals surface area contributed by atoms with Crippen molar-refractivity contribution in [2.24, 2.45) is 5.10 Å². The Morgan fingerprint density at radius 1 is 0.488 bits per heavy atom. The van der Waals surface area contributed by atoms with Gasteiger partial charge in [0.2, 0.25) is 0 Å². The Hall–Kier alpha value is -4.93. The number of hydrogen-bond acceptors (Lipinski definition) is 6. The van der Waals surface area contributed by atoms with Crippen molar-refractivity contribution < 1.29 is 16.8 Å². The van der Waals surface area contributed by atoms with E-state index in [-0.39, 0.29) is 9.79 Å². The highest BCUT2D eigenvalue weighted by Gasteiger charge is 2.29. The van der Waals surface area contributed by atoms with Crippen LogP contribution in [0.5, 0.6) is 0 Å². The van der Waals surface area contributed by atoms with Crippen LogP contribution in [0.1, 0.15) is 22.3 Å². The average molecular weight is 609 g/mol. The molecule has 0 bridgehead atoms. The first-order valence-corrected chi connectivity index (χ1v) is 16.4. The molecule has 1 aliphatic rings. The van der Waals surface area contributed by atoms with Gasteiger partial charge >= 0.3 is 0 Å². The van der Waals surface area contributed by atoms with Gasteiger partial charge in [-0.15, -0.1) is 0 Å². The molecule has 8 nitrogen and oxygen atoms in total. The van der Waals surface area contributed by atoms with Crippen LogP contribution in [-0.4, -0.2) is 22.5 Å². The molecule has 1 aliphatic carbocycles. The lowest BCUT2D eigenvalue weighted by atomic mass is 10.1. The first kappa shape index (κ1) is 28.2. The van der Waals surface area contributed by atoms with Crippen LogP contribution in [0.25, 0.3) is 11.1 Å². The lowest BCUT2D eigenvalue weighted by Crippen LogP contribution is -2.14. The van der Waals surface area contributed by atoms with Crippen molar-refractivity contribution in [3.05, 3.63) is 138 Å². The van der Waals surface area contributed by atoms with Crippen LogP contribution < -0.4 is 14.9 Å². The van der Waals surface area contributed by atoms with Gasteiger partial charge in [-0.05, 0) is 85.6 Å². The van der Waals surface area contributed by atoms with Crippen LogP contribution in [0.15, 0.2) is 130 Å². The fourth-order valence-electron chi connectivity index (χ4n) is 4.81. The van der Waals surface area contributed by atoms with Gasteiger partial charge in [0.1, 0.15) is 0 Å².